The average Bonchev–Trinajstić information content (AvgIpc) is 3.89. The molecule has 0 N–H and O–H groups in total. The Bertz CT molecular complexity index is 2990. The molecule has 0 saturated heterocycles. The molecule has 248 valence electrons. The van der Waals surface area contributed by atoms with Crippen molar-refractivity contribution < 1.29 is 0 Å². The van der Waals surface area contributed by atoms with E-state index in [0.29, 0.717) is 0 Å². The van der Waals surface area contributed by atoms with Gasteiger partial charge < -0.3 is 9.13 Å². The van der Waals surface area contributed by atoms with E-state index in [1.807, 2.05) is 0 Å². The molecule has 8 aromatic carbocycles. The number of fused-ring (bicyclic) bond motifs is 16. The largest absolute Gasteiger partial charge is 0.344 e. The SMILES string of the molecule is Cn1c2ccccc2c2cc(-c3ccc4c(c3)C3(c5ccccc5-c5ccccc53)c3cc(-c5ccc6c(c5)c5ccccc5n6C)ccc3-4)ccc21. The molecule has 0 bridgehead atoms. The molecule has 53 heavy (non-hydrogen) atoms. The van der Waals surface area contributed by atoms with Crippen LogP contribution in [0.4, 0.5) is 0 Å². The minimum absolute atomic E-state index is 0.434. The van der Waals surface area contributed by atoms with Crippen molar-refractivity contribution in [2.24, 2.45) is 14.1 Å². The number of rotatable bonds is 2. The second-order valence-corrected chi connectivity index (χ2v) is 15.0. The molecular formula is C51H34N2. The third-order valence-electron chi connectivity index (χ3n) is 12.6. The zero-order chi connectivity index (χ0) is 35.0. The number of hydrogen-bond donors (Lipinski definition) is 0. The molecule has 0 radical (unpaired) electrons. The molecule has 0 unspecified atom stereocenters. The lowest BCUT2D eigenvalue weighted by atomic mass is 9.70. The first-order valence-electron chi connectivity index (χ1n) is 18.6. The van der Waals surface area contributed by atoms with Gasteiger partial charge in [0.2, 0.25) is 0 Å². The fourth-order valence-electron chi connectivity index (χ4n) is 10.2. The number of benzene rings is 8. The second-order valence-electron chi connectivity index (χ2n) is 15.0. The topological polar surface area (TPSA) is 9.86 Å². The molecule has 2 aliphatic rings. The van der Waals surface area contributed by atoms with Crippen molar-refractivity contribution in [2.75, 3.05) is 0 Å². The van der Waals surface area contributed by atoms with Crippen molar-refractivity contribution in [3.63, 3.8) is 0 Å². The summed E-state index contributed by atoms with van der Waals surface area (Å²) in [5.41, 5.74) is 20.3. The molecule has 2 nitrogen and oxygen atoms in total. The Kier molecular flexibility index (Phi) is 5.60. The van der Waals surface area contributed by atoms with Gasteiger partial charge in [-0.25, -0.2) is 0 Å². The van der Waals surface area contributed by atoms with Crippen LogP contribution in [0.15, 0.2) is 170 Å². The highest BCUT2D eigenvalue weighted by Crippen LogP contribution is 2.63. The Morgan fingerprint density at radius 1 is 0.302 bits per heavy atom. The van der Waals surface area contributed by atoms with Crippen molar-refractivity contribution in [3.8, 4) is 44.5 Å². The van der Waals surface area contributed by atoms with Gasteiger partial charge in [0.15, 0.2) is 0 Å². The summed E-state index contributed by atoms with van der Waals surface area (Å²) in [4.78, 5) is 0. The Balaban J connectivity index is 1.11. The van der Waals surface area contributed by atoms with E-state index in [2.05, 4.69) is 193 Å². The van der Waals surface area contributed by atoms with E-state index in [1.165, 1.54) is 110 Å². The summed E-state index contributed by atoms with van der Waals surface area (Å²) in [6.07, 6.45) is 0. The first-order chi connectivity index (χ1) is 26.1. The van der Waals surface area contributed by atoms with Crippen LogP contribution in [-0.4, -0.2) is 9.13 Å². The number of aryl methyl sites for hydroxylation is 2. The van der Waals surface area contributed by atoms with Crippen molar-refractivity contribution in [3.05, 3.63) is 192 Å². The van der Waals surface area contributed by atoms with E-state index in [-0.39, 0.29) is 0 Å². The fraction of sp³-hybridized carbons (Fsp3) is 0.0588. The van der Waals surface area contributed by atoms with Crippen LogP contribution in [0.25, 0.3) is 88.1 Å². The van der Waals surface area contributed by atoms with E-state index in [1.54, 1.807) is 0 Å². The molecule has 12 rings (SSSR count). The molecule has 10 aromatic rings. The van der Waals surface area contributed by atoms with E-state index in [4.69, 9.17) is 0 Å². The van der Waals surface area contributed by atoms with Gasteiger partial charge in [0.25, 0.3) is 0 Å². The van der Waals surface area contributed by atoms with Gasteiger partial charge in [0, 0.05) is 57.7 Å². The first-order valence-corrected chi connectivity index (χ1v) is 18.6. The Morgan fingerprint density at radius 2 is 0.660 bits per heavy atom. The monoisotopic (exact) mass is 674 g/mol. The lowest BCUT2D eigenvalue weighted by molar-refractivity contribution is 0.794. The summed E-state index contributed by atoms with van der Waals surface area (Å²) >= 11 is 0. The first kappa shape index (κ1) is 29.0. The van der Waals surface area contributed by atoms with Crippen molar-refractivity contribution in [2.45, 2.75) is 5.41 Å². The zero-order valence-electron chi connectivity index (χ0n) is 29.6. The maximum Gasteiger partial charge on any atom is 0.0725 e. The van der Waals surface area contributed by atoms with E-state index >= 15 is 0 Å². The second kappa shape index (κ2) is 10.2. The van der Waals surface area contributed by atoms with Crippen LogP contribution in [-0.2, 0) is 19.5 Å². The van der Waals surface area contributed by atoms with Crippen LogP contribution in [0.5, 0.6) is 0 Å². The lowest BCUT2D eigenvalue weighted by Gasteiger charge is -2.31. The molecule has 0 aliphatic heterocycles. The van der Waals surface area contributed by atoms with Crippen LogP contribution in [0.1, 0.15) is 22.3 Å². The van der Waals surface area contributed by atoms with E-state index in [0.717, 1.165) is 0 Å². The normalized spacial score (nSPS) is 13.6. The molecule has 2 aliphatic carbocycles. The average molecular weight is 675 g/mol. The molecule has 0 saturated carbocycles. The van der Waals surface area contributed by atoms with Crippen LogP contribution >= 0.6 is 0 Å². The van der Waals surface area contributed by atoms with Crippen LogP contribution < -0.4 is 0 Å². The van der Waals surface area contributed by atoms with E-state index in [9.17, 15) is 0 Å². The molecule has 0 fully saturated rings. The van der Waals surface area contributed by atoms with Gasteiger partial charge in [-0.2, -0.15) is 0 Å². The molecule has 0 atom stereocenters. The van der Waals surface area contributed by atoms with E-state index < -0.39 is 5.41 Å². The number of nitrogens with zero attached hydrogens (tertiary/aromatic N) is 2. The van der Waals surface area contributed by atoms with Gasteiger partial charge in [0.05, 0.1) is 5.41 Å². The Hall–Kier alpha value is -6.64. The van der Waals surface area contributed by atoms with Crippen molar-refractivity contribution in [1.82, 2.24) is 9.13 Å². The maximum atomic E-state index is 2.50. The van der Waals surface area contributed by atoms with Gasteiger partial charge in [-0.3, -0.25) is 0 Å². The standard InChI is InChI=1S/C51H34N2/c1-52-47-17-9-5-13-39(47)41-27-31(21-25-49(41)52)33-19-23-37-38-24-20-34(32-22-26-50-42(28-32)40-14-6-10-18-48(40)53(50)2)30-46(38)51(45(37)29-33)43-15-7-3-11-35(43)36-12-4-8-16-44(36)51/h3-30H,1-2H3. The van der Waals surface area contributed by atoms with Crippen molar-refractivity contribution in [1.29, 1.82) is 0 Å². The summed E-state index contributed by atoms with van der Waals surface area (Å²) in [5, 5.41) is 5.18. The van der Waals surface area contributed by atoms with Gasteiger partial charge in [-0.05, 0) is 115 Å². The third kappa shape index (κ3) is 3.63. The Labute approximate surface area is 307 Å². The van der Waals surface area contributed by atoms with Gasteiger partial charge in [-0.15, -0.1) is 0 Å². The summed E-state index contributed by atoms with van der Waals surface area (Å²) in [6.45, 7) is 0. The van der Waals surface area contributed by atoms with Gasteiger partial charge in [-0.1, -0.05) is 121 Å². The number of hydrogen-bond acceptors (Lipinski definition) is 0. The third-order valence-corrected chi connectivity index (χ3v) is 12.6. The number of para-hydroxylation sites is 2. The highest BCUT2D eigenvalue weighted by molar-refractivity contribution is 6.10. The molecule has 2 heteroatoms. The predicted octanol–water partition coefficient (Wildman–Crippen LogP) is 12.7. The van der Waals surface area contributed by atoms with Gasteiger partial charge in [0.1, 0.15) is 0 Å². The summed E-state index contributed by atoms with van der Waals surface area (Å²) in [5.74, 6) is 0. The quantitative estimate of drug-likeness (QED) is 0.173. The summed E-state index contributed by atoms with van der Waals surface area (Å²) in [6, 6.07) is 64.1. The zero-order valence-corrected chi connectivity index (χ0v) is 29.6. The molecular weight excluding hydrogens is 641 g/mol. The maximum absolute atomic E-state index is 2.50. The molecule has 0 amide bonds. The molecule has 2 heterocycles. The number of aromatic nitrogens is 2. The van der Waals surface area contributed by atoms with Crippen molar-refractivity contribution >= 4 is 43.6 Å². The molecule has 1 spiro atoms. The Morgan fingerprint density at radius 3 is 1.15 bits per heavy atom. The van der Waals surface area contributed by atoms with Crippen LogP contribution in [0.2, 0.25) is 0 Å². The smallest absolute Gasteiger partial charge is 0.0725 e. The predicted molar refractivity (Wildman–Crippen MR) is 222 cm³/mol. The van der Waals surface area contributed by atoms with Gasteiger partial charge >= 0.3 is 0 Å². The minimum atomic E-state index is -0.434. The fourth-order valence-corrected chi connectivity index (χ4v) is 10.2. The lowest BCUT2D eigenvalue weighted by Crippen LogP contribution is -2.26. The molecule has 2 aromatic heterocycles. The highest BCUT2D eigenvalue weighted by Gasteiger charge is 2.51. The van der Waals surface area contributed by atoms with Crippen LogP contribution in [0, 0.1) is 0 Å². The van der Waals surface area contributed by atoms with Crippen LogP contribution in [0.3, 0.4) is 0 Å². The highest BCUT2D eigenvalue weighted by atomic mass is 14.9. The summed E-state index contributed by atoms with van der Waals surface area (Å²) < 4.78 is 4.62. The summed E-state index contributed by atoms with van der Waals surface area (Å²) in [7, 11) is 4.34. The minimum Gasteiger partial charge on any atom is -0.344 e.